The number of furan rings is 1. The molecule has 1 aliphatic heterocycles. The Labute approximate surface area is 211 Å². The van der Waals surface area contributed by atoms with Crippen LogP contribution < -0.4 is 10.1 Å². The Morgan fingerprint density at radius 1 is 1.14 bits per heavy atom. The molecule has 6 nitrogen and oxygen atoms in total. The molecule has 36 heavy (non-hydrogen) atoms. The summed E-state index contributed by atoms with van der Waals surface area (Å²) < 4.78 is 25.8. The highest BCUT2D eigenvalue weighted by Gasteiger charge is 2.37. The number of hydrogen-bond donors (Lipinski definition) is 1. The predicted octanol–water partition coefficient (Wildman–Crippen LogP) is 5.66. The number of nitrogens with zero attached hydrogens (tertiary/aromatic N) is 1. The van der Waals surface area contributed by atoms with Crippen LogP contribution in [0.25, 0.3) is 0 Å². The highest BCUT2D eigenvalue weighted by molar-refractivity contribution is 5.91. The van der Waals surface area contributed by atoms with E-state index in [1.807, 2.05) is 56.9 Å². The molecule has 0 spiro atoms. The quantitative estimate of drug-likeness (QED) is 0.462. The van der Waals surface area contributed by atoms with Gasteiger partial charge in [-0.25, -0.2) is 4.39 Å². The number of fused-ring (bicyclic) bond motifs is 1. The predicted molar refractivity (Wildman–Crippen MR) is 135 cm³/mol. The van der Waals surface area contributed by atoms with E-state index in [-0.39, 0.29) is 30.0 Å². The van der Waals surface area contributed by atoms with E-state index in [9.17, 15) is 14.0 Å². The number of carbonyl (C=O) groups excluding carboxylic acids is 2. The van der Waals surface area contributed by atoms with Crippen LogP contribution in [-0.4, -0.2) is 29.8 Å². The smallest absolute Gasteiger partial charge is 0.286 e. The van der Waals surface area contributed by atoms with E-state index in [4.69, 9.17) is 9.15 Å². The maximum atomic E-state index is 14.2. The second kappa shape index (κ2) is 10.6. The first-order valence-electron chi connectivity index (χ1n) is 12.4. The van der Waals surface area contributed by atoms with Gasteiger partial charge in [-0.1, -0.05) is 45.9 Å². The van der Waals surface area contributed by atoms with Crippen molar-refractivity contribution in [3.05, 3.63) is 88.6 Å². The van der Waals surface area contributed by atoms with Crippen LogP contribution in [0.5, 0.6) is 5.75 Å². The Bertz CT molecular complexity index is 1240. The van der Waals surface area contributed by atoms with E-state index >= 15 is 0 Å². The molecule has 2 amide bonds. The summed E-state index contributed by atoms with van der Waals surface area (Å²) in [5.74, 6) is 0.799. The maximum absolute atomic E-state index is 14.2. The highest BCUT2D eigenvalue weighted by Crippen LogP contribution is 2.39. The Hall–Kier alpha value is -3.61. The third kappa shape index (κ3) is 5.61. The van der Waals surface area contributed by atoms with Gasteiger partial charge in [0.15, 0.2) is 5.76 Å². The van der Waals surface area contributed by atoms with Crippen LogP contribution in [0.4, 0.5) is 4.39 Å². The van der Waals surface area contributed by atoms with Crippen LogP contribution in [0.1, 0.15) is 73.2 Å². The Morgan fingerprint density at radius 3 is 2.67 bits per heavy atom. The average molecular weight is 493 g/mol. The molecule has 0 saturated carbocycles. The lowest BCUT2D eigenvalue weighted by atomic mass is 9.85. The second-order valence-corrected chi connectivity index (χ2v) is 10.1. The highest BCUT2D eigenvalue weighted by atomic mass is 19.1. The minimum atomic E-state index is -0.572. The molecule has 4 rings (SSSR count). The number of rotatable bonds is 7. The number of carbonyl (C=O) groups is 2. The third-order valence-corrected chi connectivity index (χ3v) is 6.21. The molecule has 2 heterocycles. The molecule has 0 aliphatic carbocycles. The van der Waals surface area contributed by atoms with E-state index in [1.54, 1.807) is 18.2 Å². The summed E-state index contributed by atoms with van der Waals surface area (Å²) in [7, 11) is 0. The molecular formula is C29H33FN2O4. The van der Waals surface area contributed by atoms with Crippen molar-refractivity contribution in [2.45, 2.75) is 53.2 Å². The first-order valence-corrected chi connectivity index (χ1v) is 12.4. The Kier molecular flexibility index (Phi) is 7.48. The molecule has 190 valence electrons. The number of amides is 2. The molecule has 0 unspecified atom stereocenters. The zero-order valence-corrected chi connectivity index (χ0v) is 21.3. The lowest BCUT2D eigenvalue weighted by Gasteiger charge is -2.41. The lowest BCUT2D eigenvalue weighted by Crippen LogP contribution is -2.45. The van der Waals surface area contributed by atoms with Crippen molar-refractivity contribution >= 4 is 11.8 Å². The van der Waals surface area contributed by atoms with Crippen molar-refractivity contribution in [3.8, 4) is 5.75 Å². The molecule has 0 radical (unpaired) electrons. The minimum absolute atomic E-state index is 0.0122. The number of benzene rings is 2. The SMILES string of the molecule is CCCNC(=O)c1ccc(COc2ccc3c(c2)[C@@H](c2cccc(F)c2)N(C(=O)C(C)(C)C)CC3)o1. The summed E-state index contributed by atoms with van der Waals surface area (Å²) in [4.78, 5) is 27.3. The van der Waals surface area contributed by atoms with Gasteiger partial charge in [-0.05, 0) is 65.9 Å². The fourth-order valence-electron chi connectivity index (χ4n) is 4.43. The molecular weight excluding hydrogens is 459 g/mol. The van der Waals surface area contributed by atoms with E-state index < -0.39 is 11.5 Å². The Balaban J connectivity index is 1.60. The van der Waals surface area contributed by atoms with Gasteiger partial charge in [-0.15, -0.1) is 0 Å². The van der Waals surface area contributed by atoms with Crippen molar-refractivity contribution in [2.75, 3.05) is 13.1 Å². The van der Waals surface area contributed by atoms with Crippen LogP contribution >= 0.6 is 0 Å². The van der Waals surface area contributed by atoms with Crippen LogP contribution in [0.3, 0.4) is 0 Å². The summed E-state index contributed by atoms with van der Waals surface area (Å²) >= 11 is 0. The average Bonchev–Trinajstić information content (AvgIpc) is 3.33. The van der Waals surface area contributed by atoms with Crippen molar-refractivity contribution < 1.29 is 23.1 Å². The second-order valence-electron chi connectivity index (χ2n) is 10.1. The van der Waals surface area contributed by atoms with Gasteiger partial charge in [-0.3, -0.25) is 9.59 Å². The van der Waals surface area contributed by atoms with Gasteiger partial charge in [0, 0.05) is 18.5 Å². The molecule has 0 saturated heterocycles. The first-order chi connectivity index (χ1) is 17.2. The third-order valence-electron chi connectivity index (χ3n) is 6.21. The van der Waals surface area contributed by atoms with Gasteiger partial charge in [0.2, 0.25) is 5.91 Å². The molecule has 0 bridgehead atoms. The van der Waals surface area contributed by atoms with E-state index in [1.165, 1.54) is 12.1 Å². The molecule has 1 aromatic heterocycles. The maximum Gasteiger partial charge on any atom is 0.286 e. The summed E-state index contributed by atoms with van der Waals surface area (Å²) in [5, 5.41) is 2.79. The van der Waals surface area contributed by atoms with Gasteiger partial charge in [0.25, 0.3) is 5.91 Å². The summed E-state index contributed by atoms with van der Waals surface area (Å²) in [6.45, 7) is 8.96. The fourth-order valence-corrected chi connectivity index (χ4v) is 4.43. The van der Waals surface area contributed by atoms with Gasteiger partial charge >= 0.3 is 0 Å². The molecule has 1 atom stereocenters. The van der Waals surface area contributed by atoms with Gasteiger partial charge in [-0.2, -0.15) is 0 Å². The van der Waals surface area contributed by atoms with Crippen molar-refractivity contribution in [1.29, 1.82) is 0 Å². The zero-order valence-electron chi connectivity index (χ0n) is 21.3. The molecule has 1 aliphatic rings. The van der Waals surface area contributed by atoms with Crippen LogP contribution in [-0.2, 0) is 17.8 Å². The van der Waals surface area contributed by atoms with Crippen molar-refractivity contribution in [1.82, 2.24) is 10.2 Å². The minimum Gasteiger partial charge on any atom is -0.486 e. The topological polar surface area (TPSA) is 71.8 Å². The lowest BCUT2D eigenvalue weighted by molar-refractivity contribution is -0.141. The normalized spacial score (nSPS) is 15.4. The summed E-state index contributed by atoms with van der Waals surface area (Å²) in [6, 6.07) is 15.2. The number of halogens is 1. The van der Waals surface area contributed by atoms with Gasteiger partial charge < -0.3 is 19.4 Å². The standard InChI is InChI=1S/C29H33FN2O4/c1-5-14-31-27(33)25-12-11-23(36-25)18-35-22-10-9-19-13-15-32(28(34)29(2,3)4)26(24(19)17-22)20-7-6-8-21(30)16-20/h6-12,16-17,26H,5,13-15,18H2,1-4H3,(H,31,33)/t26-/m1/s1. The molecule has 1 N–H and O–H groups in total. The van der Waals surface area contributed by atoms with Crippen LogP contribution in [0.2, 0.25) is 0 Å². The van der Waals surface area contributed by atoms with Gasteiger partial charge in [0.05, 0.1) is 6.04 Å². The monoisotopic (exact) mass is 492 g/mol. The number of nitrogens with one attached hydrogen (secondary N) is 1. The Morgan fingerprint density at radius 2 is 1.94 bits per heavy atom. The number of hydrogen-bond acceptors (Lipinski definition) is 4. The van der Waals surface area contributed by atoms with E-state index in [0.717, 1.165) is 23.1 Å². The molecule has 2 aromatic carbocycles. The summed E-state index contributed by atoms with van der Waals surface area (Å²) in [5.41, 5.74) is 2.17. The molecule has 0 fully saturated rings. The zero-order chi connectivity index (χ0) is 25.9. The van der Waals surface area contributed by atoms with E-state index in [2.05, 4.69) is 5.32 Å². The van der Waals surface area contributed by atoms with Crippen LogP contribution in [0, 0.1) is 11.2 Å². The fraction of sp³-hybridized carbons (Fsp3) is 0.379. The van der Waals surface area contributed by atoms with Crippen molar-refractivity contribution in [3.63, 3.8) is 0 Å². The first kappa shape index (κ1) is 25.5. The van der Waals surface area contributed by atoms with Gasteiger partial charge in [0.1, 0.15) is 23.9 Å². The molecule has 7 heteroatoms. The number of ether oxygens (including phenoxy) is 1. The van der Waals surface area contributed by atoms with Crippen molar-refractivity contribution in [2.24, 2.45) is 5.41 Å². The summed E-state index contributed by atoms with van der Waals surface area (Å²) in [6.07, 6.45) is 1.55. The molecule has 3 aromatic rings. The largest absolute Gasteiger partial charge is 0.486 e. The van der Waals surface area contributed by atoms with Crippen LogP contribution in [0.15, 0.2) is 59.0 Å². The van der Waals surface area contributed by atoms with E-state index in [0.29, 0.717) is 31.0 Å².